The van der Waals surface area contributed by atoms with Crippen molar-refractivity contribution in [3.05, 3.63) is 40.9 Å². The Morgan fingerprint density at radius 2 is 2.04 bits per heavy atom. The lowest BCUT2D eigenvalue weighted by Gasteiger charge is -2.28. The molecule has 1 aromatic heterocycles. The average Bonchev–Trinajstić information content (AvgIpc) is 3.37. The Labute approximate surface area is 165 Å². The Hall–Kier alpha value is -1.44. The molecule has 0 radical (unpaired) electrons. The summed E-state index contributed by atoms with van der Waals surface area (Å²) in [5.41, 5.74) is -0.0694. The highest BCUT2D eigenvalue weighted by molar-refractivity contribution is 7.89. The van der Waals surface area contributed by atoms with E-state index in [0.717, 1.165) is 50.2 Å². The molecule has 1 aliphatic carbocycles. The smallest absolute Gasteiger partial charge is 0.244 e. The van der Waals surface area contributed by atoms with Crippen LogP contribution in [0.1, 0.15) is 56.6 Å². The number of aromatic amines is 1. The maximum Gasteiger partial charge on any atom is 0.244 e. The molecule has 2 aromatic rings. The van der Waals surface area contributed by atoms with Crippen molar-refractivity contribution < 1.29 is 8.42 Å². The van der Waals surface area contributed by atoms with Gasteiger partial charge in [0, 0.05) is 25.4 Å². The summed E-state index contributed by atoms with van der Waals surface area (Å²) >= 11 is 6.19. The SMILES string of the molecule is CCCc1nc(C2CN(S(=O)(=O)c3ccccc3Cl)CC23CCCC3)n[nH]1. The number of halogens is 1. The molecule has 2 fully saturated rings. The number of aryl methyl sites for hydroxylation is 1. The summed E-state index contributed by atoms with van der Waals surface area (Å²) in [6.07, 6.45) is 6.14. The molecule has 27 heavy (non-hydrogen) atoms. The molecular formula is C19H25ClN4O2S. The van der Waals surface area contributed by atoms with Crippen LogP contribution in [0.5, 0.6) is 0 Å². The van der Waals surface area contributed by atoms with Crippen LogP contribution in [-0.2, 0) is 16.4 Å². The van der Waals surface area contributed by atoms with Gasteiger partial charge in [-0.05, 0) is 36.8 Å². The normalized spacial score (nSPS) is 22.7. The number of H-pyrrole nitrogens is 1. The maximum atomic E-state index is 13.3. The van der Waals surface area contributed by atoms with E-state index in [2.05, 4.69) is 17.1 Å². The summed E-state index contributed by atoms with van der Waals surface area (Å²) in [5.74, 6) is 1.67. The summed E-state index contributed by atoms with van der Waals surface area (Å²) in [6.45, 7) is 3.04. The van der Waals surface area contributed by atoms with Crippen LogP contribution in [0.3, 0.4) is 0 Å². The molecule has 8 heteroatoms. The molecule has 1 aromatic carbocycles. The van der Waals surface area contributed by atoms with Gasteiger partial charge in [-0.3, -0.25) is 5.10 Å². The third-order valence-electron chi connectivity index (χ3n) is 6.02. The van der Waals surface area contributed by atoms with E-state index in [1.54, 1.807) is 28.6 Å². The minimum atomic E-state index is -3.64. The number of rotatable bonds is 5. The number of hydrogen-bond donors (Lipinski definition) is 1. The number of aromatic nitrogens is 3. The second-order valence-electron chi connectivity index (χ2n) is 7.74. The highest BCUT2D eigenvalue weighted by Gasteiger charge is 2.53. The van der Waals surface area contributed by atoms with Gasteiger partial charge in [0.15, 0.2) is 5.82 Å². The Balaban J connectivity index is 1.68. The summed E-state index contributed by atoms with van der Waals surface area (Å²) in [6, 6.07) is 6.66. The van der Waals surface area contributed by atoms with Gasteiger partial charge in [-0.15, -0.1) is 0 Å². The predicted octanol–water partition coefficient (Wildman–Crippen LogP) is 3.76. The Kier molecular flexibility index (Phi) is 5.03. The molecule has 1 saturated heterocycles. The topological polar surface area (TPSA) is 79.0 Å². The molecule has 1 saturated carbocycles. The van der Waals surface area contributed by atoms with Crippen LogP contribution in [-0.4, -0.2) is 41.0 Å². The zero-order valence-corrected chi connectivity index (χ0v) is 17.1. The Morgan fingerprint density at radius 1 is 1.30 bits per heavy atom. The lowest BCUT2D eigenvalue weighted by Crippen LogP contribution is -2.31. The highest BCUT2D eigenvalue weighted by atomic mass is 35.5. The van der Waals surface area contributed by atoms with Gasteiger partial charge in [-0.1, -0.05) is 43.5 Å². The standard InChI is InChI=1S/C19H25ClN4O2S/c1-2-7-17-21-18(23-22-17)14-12-24(13-19(14)10-5-6-11-19)27(25,26)16-9-4-3-8-15(16)20/h3-4,8-9,14H,2,5-7,10-13H2,1H3,(H,21,22,23). The van der Waals surface area contributed by atoms with E-state index in [9.17, 15) is 8.42 Å². The molecule has 4 rings (SSSR count). The largest absolute Gasteiger partial charge is 0.263 e. The lowest BCUT2D eigenvalue weighted by molar-refractivity contribution is 0.277. The van der Waals surface area contributed by atoms with Crippen LogP contribution in [0.4, 0.5) is 0 Å². The number of benzene rings is 1. The molecule has 0 bridgehead atoms. The van der Waals surface area contributed by atoms with E-state index >= 15 is 0 Å². The van der Waals surface area contributed by atoms with Crippen molar-refractivity contribution in [1.82, 2.24) is 19.5 Å². The molecule has 1 atom stereocenters. The van der Waals surface area contributed by atoms with Gasteiger partial charge >= 0.3 is 0 Å². The first kappa shape index (κ1) is 18.9. The molecule has 1 spiro atoms. The minimum Gasteiger partial charge on any atom is -0.263 e. The summed E-state index contributed by atoms with van der Waals surface area (Å²) < 4.78 is 28.1. The molecule has 2 aliphatic rings. The second kappa shape index (κ2) is 7.18. The summed E-state index contributed by atoms with van der Waals surface area (Å²) in [4.78, 5) is 4.88. The molecule has 146 valence electrons. The second-order valence-corrected chi connectivity index (χ2v) is 10.1. The van der Waals surface area contributed by atoms with Gasteiger partial charge in [0.2, 0.25) is 10.0 Å². The molecule has 1 unspecified atom stereocenters. The first-order chi connectivity index (χ1) is 13.0. The Bertz CT molecular complexity index is 921. The van der Waals surface area contributed by atoms with Crippen molar-refractivity contribution in [2.45, 2.75) is 56.3 Å². The Morgan fingerprint density at radius 3 is 2.74 bits per heavy atom. The molecule has 0 amide bonds. The van der Waals surface area contributed by atoms with Crippen LogP contribution in [0.2, 0.25) is 5.02 Å². The van der Waals surface area contributed by atoms with Crippen molar-refractivity contribution >= 4 is 21.6 Å². The van der Waals surface area contributed by atoms with Gasteiger partial charge in [0.25, 0.3) is 0 Å². The maximum absolute atomic E-state index is 13.3. The van der Waals surface area contributed by atoms with E-state index in [-0.39, 0.29) is 21.3 Å². The fourth-order valence-corrected chi connectivity index (χ4v) is 6.70. The first-order valence-electron chi connectivity index (χ1n) is 9.62. The summed E-state index contributed by atoms with van der Waals surface area (Å²) in [5, 5.41) is 7.76. The quantitative estimate of drug-likeness (QED) is 0.816. The van der Waals surface area contributed by atoms with Crippen LogP contribution < -0.4 is 0 Å². The predicted molar refractivity (Wildman–Crippen MR) is 104 cm³/mol. The van der Waals surface area contributed by atoms with Crippen LogP contribution in [0.15, 0.2) is 29.2 Å². The van der Waals surface area contributed by atoms with Crippen LogP contribution in [0.25, 0.3) is 0 Å². The molecule has 1 aliphatic heterocycles. The van der Waals surface area contributed by atoms with Gasteiger partial charge < -0.3 is 0 Å². The van der Waals surface area contributed by atoms with Crippen LogP contribution >= 0.6 is 11.6 Å². The third-order valence-corrected chi connectivity index (χ3v) is 8.33. The van der Waals surface area contributed by atoms with Crippen molar-refractivity contribution in [3.63, 3.8) is 0 Å². The van der Waals surface area contributed by atoms with E-state index in [4.69, 9.17) is 16.6 Å². The summed E-state index contributed by atoms with van der Waals surface area (Å²) in [7, 11) is -3.64. The lowest BCUT2D eigenvalue weighted by atomic mass is 9.76. The number of nitrogens with one attached hydrogen (secondary N) is 1. The third kappa shape index (κ3) is 3.30. The minimum absolute atomic E-state index is 0.0270. The molecule has 1 N–H and O–H groups in total. The van der Waals surface area contributed by atoms with Crippen LogP contribution in [0, 0.1) is 5.41 Å². The zero-order valence-electron chi connectivity index (χ0n) is 15.5. The van der Waals surface area contributed by atoms with Crippen molar-refractivity contribution in [2.75, 3.05) is 13.1 Å². The van der Waals surface area contributed by atoms with E-state index < -0.39 is 10.0 Å². The van der Waals surface area contributed by atoms with Crippen molar-refractivity contribution in [3.8, 4) is 0 Å². The number of hydrogen-bond acceptors (Lipinski definition) is 4. The fourth-order valence-electron chi connectivity index (χ4n) is 4.66. The van der Waals surface area contributed by atoms with Gasteiger partial charge in [-0.2, -0.15) is 9.40 Å². The first-order valence-corrected chi connectivity index (χ1v) is 11.4. The highest BCUT2D eigenvalue weighted by Crippen LogP contribution is 2.53. The average molecular weight is 409 g/mol. The molecule has 2 heterocycles. The number of sulfonamides is 1. The van der Waals surface area contributed by atoms with Gasteiger partial charge in [0.1, 0.15) is 10.7 Å². The molecular weight excluding hydrogens is 384 g/mol. The zero-order chi connectivity index (χ0) is 19.1. The van der Waals surface area contributed by atoms with Gasteiger partial charge in [0.05, 0.1) is 5.02 Å². The van der Waals surface area contributed by atoms with E-state index in [1.807, 2.05) is 0 Å². The van der Waals surface area contributed by atoms with E-state index in [1.165, 1.54) is 0 Å². The fraction of sp³-hybridized carbons (Fsp3) is 0.579. The van der Waals surface area contributed by atoms with E-state index in [0.29, 0.717) is 13.1 Å². The molecule has 6 nitrogen and oxygen atoms in total. The van der Waals surface area contributed by atoms with Crippen molar-refractivity contribution in [2.24, 2.45) is 5.41 Å². The van der Waals surface area contributed by atoms with Crippen molar-refractivity contribution in [1.29, 1.82) is 0 Å². The van der Waals surface area contributed by atoms with Gasteiger partial charge in [-0.25, -0.2) is 13.4 Å². The number of nitrogens with zero attached hydrogens (tertiary/aromatic N) is 3. The monoisotopic (exact) mass is 408 g/mol.